The molecule has 1 atom stereocenters. The van der Waals surface area contributed by atoms with Crippen molar-refractivity contribution in [1.29, 1.82) is 0 Å². The van der Waals surface area contributed by atoms with Gasteiger partial charge in [0.25, 0.3) is 0 Å². The molecular weight excluding hydrogens is 265 g/mol. The van der Waals surface area contributed by atoms with Crippen molar-refractivity contribution in [3.63, 3.8) is 0 Å². The van der Waals surface area contributed by atoms with Crippen LogP contribution >= 0.6 is 0 Å². The number of benzene rings is 2. The summed E-state index contributed by atoms with van der Waals surface area (Å²) in [7, 11) is 0. The van der Waals surface area contributed by atoms with E-state index in [1.807, 2.05) is 31.2 Å². The Hall–Kier alpha value is -1.87. The van der Waals surface area contributed by atoms with Crippen LogP contribution < -0.4 is 5.32 Å². The molecule has 0 aromatic heterocycles. The predicted molar refractivity (Wildman–Crippen MR) is 83.0 cm³/mol. The third-order valence-corrected chi connectivity index (χ3v) is 3.95. The second kappa shape index (κ2) is 5.86. The first-order valence-corrected chi connectivity index (χ1v) is 7.41. The van der Waals surface area contributed by atoms with E-state index in [4.69, 9.17) is 0 Å². The van der Waals surface area contributed by atoms with Crippen LogP contribution in [0.25, 0.3) is 0 Å². The number of hydrogen-bond acceptors (Lipinski definition) is 2. The van der Waals surface area contributed by atoms with Crippen molar-refractivity contribution in [2.45, 2.75) is 31.7 Å². The minimum absolute atomic E-state index is 0.0146. The Morgan fingerprint density at radius 1 is 1.24 bits per heavy atom. The minimum Gasteiger partial charge on any atom is -0.394 e. The maximum atomic E-state index is 13.5. The van der Waals surface area contributed by atoms with E-state index in [0.717, 1.165) is 11.1 Å². The van der Waals surface area contributed by atoms with Gasteiger partial charge in [-0.05, 0) is 60.6 Å². The lowest BCUT2D eigenvalue weighted by Crippen LogP contribution is -2.16. The number of aliphatic hydroxyl groups excluding tert-OH is 1. The maximum absolute atomic E-state index is 13.5. The largest absolute Gasteiger partial charge is 0.394 e. The van der Waals surface area contributed by atoms with Gasteiger partial charge < -0.3 is 10.4 Å². The van der Waals surface area contributed by atoms with Crippen molar-refractivity contribution in [3.05, 3.63) is 65.0 Å². The Labute approximate surface area is 124 Å². The third-order valence-electron chi connectivity index (χ3n) is 3.95. The molecule has 21 heavy (non-hydrogen) atoms. The zero-order valence-electron chi connectivity index (χ0n) is 12.1. The van der Waals surface area contributed by atoms with Gasteiger partial charge in [0, 0.05) is 5.69 Å². The van der Waals surface area contributed by atoms with Crippen molar-refractivity contribution < 1.29 is 9.50 Å². The smallest absolute Gasteiger partial charge is 0.125 e. The number of aryl methyl sites for hydroxylation is 1. The Balaban J connectivity index is 1.88. The zero-order valence-corrected chi connectivity index (χ0v) is 12.1. The molecular formula is C18H20FNO. The summed E-state index contributed by atoms with van der Waals surface area (Å²) in [5.41, 5.74) is 3.99. The van der Waals surface area contributed by atoms with Gasteiger partial charge in [-0.15, -0.1) is 0 Å². The summed E-state index contributed by atoms with van der Waals surface area (Å²) in [6, 6.07) is 12.9. The van der Waals surface area contributed by atoms with Crippen LogP contribution in [0.1, 0.15) is 41.5 Å². The average molecular weight is 285 g/mol. The highest BCUT2D eigenvalue weighted by molar-refractivity contribution is 5.49. The van der Waals surface area contributed by atoms with E-state index in [9.17, 15) is 9.50 Å². The second-order valence-electron chi connectivity index (χ2n) is 5.80. The molecule has 0 amide bonds. The second-order valence-corrected chi connectivity index (χ2v) is 5.80. The molecule has 110 valence electrons. The van der Waals surface area contributed by atoms with Gasteiger partial charge in [-0.25, -0.2) is 4.39 Å². The van der Waals surface area contributed by atoms with Gasteiger partial charge in [-0.3, -0.25) is 0 Å². The molecule has 0 spiro atoms. The highest BCUT2D eigenvalue weighted by Crippen LogP contribution is 2.43. The molecule has 3 rings (SSSR count). The lowest BCUT2D eigenvalue weighted by molar-refractivity contribution is 0.276. The number of nitrogens with one attached hydrogen (secondary N) is 1. The van der Waals surface area contributed by atoms with Crippen LogP contribution in [0.15, 0.2) is 42.5 Å². The van der Waals surface area contributed by atoms with E-state index in [1.165, 1.54) is 30.5 Å². The Morgan fingerprint density at radius 3 is 2.67 bits per heavy atom. The average Bonchev–Trinajstić information content (AvgIpc) is 3.28. The summed E-state index contributed by atoms with van der Waals surface area (Å²) in [4.78, 5) is 0. The van der Waals surface area contributed by atoms with Crippen molar-refractivity contribution in [2.75, 3.05) is 11.9 Å². The van der Waals surface area contributed by atoms with Crippen molar-refractivity contribution in [2.24, 2.45) is 0 Å². The van der Waals surface area contributed by atoms with Crippen molar-refractivity contribution in [1.82, 2.24) is 0 Å². The maximum Gasteiger partial charge on any atom is 0.125 e. The van der Waals surface area contributed by atoms with Gasteiger partial charge in [-0.2, -0.15) is 0 Å². The molecule has 1 unspecified atom stereocenters. The fraction of sp³-hybridized carbons (Fsp3) is 0.333. The number of hydrogen-bond donors (Lipinski definition) is 2. The highest BCUT2D eigenvalue weighted by atomic mass is 19.1. The molecule has 2 aromatic carbocycles. The topological polar surface area (TPSA) is 32.3 Å². The summed E-state index contributed by atoms with van der Waals surface area (Å²) >= 11 is 0. The monoisotopic (exact) mass is 285 g/mol. The SMILES string of the molecule is Cc1cc(F)cc(NC(CO)c2ccccc2C2CC2)c1. The van der Waals surface area contributed by atoms with Crippen molar-refractivity contribution in [3.8, 4) is 0 Å². The molecule has 0 heterocycles. The van der Waals surface area contributed by atoms with Crippen LogP contribution in [0.2, 0.25) is 0 Å². The fourth-order valence-corrected chi connectivity index (χ4v) is 2.84. The fourth-order valence-electron chi connectivity index (χ4n) is 2.84. The van der Waals surface area contributed by atoms with Gasteiger partial charge in [-0.1, -0.05) is 24.3 Å². The zero-order chi connectivity index (χ0) is 14.8. The first-order valence-electron chi connectivity index (χ1n) is 7.41. The van der Waals surface area contributed by atoms with E-state index in [0.29, 0.717) is 11.6 Å². The highest BCUT2D eigenvalue weighted by Gasteiger charge is 2.27. The van der Waals surface area contributed by atoms with Gasteiger partial charge in [0.2, 0.25) is 0 Å². The minimum atomic E-state index is -0.260. The molecule has 2 aromatic rings. The molecule has 2 nitrogen and oxygen atoms in total. The van der Waals surface area contributed by atoms with E-state index in [-0.39, 0.29) is 18.5 Å². The van der Waals surface area contributed by atoms with E-state index in [2.05, 4.69) is 11.4 Å². The molecule has 0 aliphatic heterocycles. The van der Waals surface area contributed by atoms with E-state index >= 15 is 0 Å². The Morgan fingerprint density at radius 2 is 2.00 bits per heavy atom. The molecule has 1 fully saturated rings. The first kappa shape index (κ1) is 14.1. The van der Waals surface area contributed by atoms with Crippen LogP contribution in [-0.4, -0.2) is 11.7 Å². The van der Waals surface area contributed by atoms with Crippen molar-refractivity contribution >= 4 is 5.69 Å². The normalized spacial score (nSPS) is 15.8. The Kier molecular flexibility index (Phi) is 3.93. The molecule has 1 aliphatic rings. The summed E-state index contributed by atoms with van der Waals surface area (Å²) in [6.45, 7) is 1.85. The molecule has 0 radical (unpaired) electrons. The first-order chi connectivity index (χ1) is 10.2. The lowest BCUT2D eigenvalue weighted by Gasteiger charge is -2.21. The number of aliphatic hydroxyl groups is 1. The Bertz CT molecular complexity index is 617. The van der Waals surface area contributed by atoms with Crippen LogP contribution in [0.4, 0.5) is 10.1 Å². The number of anilines is 1. The predicted octanol–water partition coefficient (Wildman–Crippen LogP) is 4.16. The van der Waals surface area contributed by atoms with Gasteiger partial charge in [0.1, 0.15) is 5.82 Å². The third kappa shape index (κ3) is 3.24. The summed E-state index contributed by atoms with van der Waals surface area (Å²) in [5.74, 6) is 0.357. The van der Waals surface area contributed by atoms with Crippen LogP contribution in [0.5, 0.6) is 0 Å². The van der Waals surface area contributed by atoms with Crippen LogP contribution in [-0.2, 0) is 0 Å². The van der Waals surface area contributed by atoms with E-state index < -0.39 is 0 Å². The van der Waals surface area contributed by atoms with Gasteiger partial charge >= 0.3 is 0 Å². The molecule has 3 heteroatoms. The molecule has 1 aliphatic carbocycles. The molecule has 0 bridgehead atoms. The molecule has 0 saturated heterocycles. The molecule has 2 N–H and O–H groups in total. The summed E-state index contributed by atoms with van der Waals surface area (Å²) in [6.07, 6.45) is 2.43. The van der Waals surface area contributed by atoms with Gasteiger partial charge in [0.05, 0.1) is 12.6 Å². The summed E-state index contributed by atoms with van der Waals surface area (Å²) in [5, 5.41) is 13.0. The lowest BCUT2D eigenvalue weighted by atomic mass is 9.97. The molecule has 1 saturated carbocycles. The van der Waals surface area contributed by atoms with Gasteiger partial charge in [0.15, 0.2) is 0 Å². The number of rotatable bonds is 5. The van der Waals surface area contributed by atoms with Crippen LogP contribution in [0.3, 0.4) is 0 Å². The van der Waals surface area contributed by atoms with E-state index in [1.54, 1.807) is 0 Å². The van der Waals surface area contributed by atoms with Crippen LogP contribution in [0, 0.1) is 12.7 Å². The quantitative estimate of drug-likeness (QED) is 0.864. The summed E-state index contributed by atoms with van der Waals surface area (Å²) < 4.78 is 13.5. The standard InChI is InChI=1S/C18H20FNO/c1-12-8-14(19)10-15(9-12)20-18(11-21)17-5-3-2-4-16(17)13-6-7-13/h2-5,8-10,13,18,20-21H,6-7,11H2,1H3. The number of halogens is 1.